The van der Waals surface area contributed by atoms with Crippen LogP contribution in [0.5, 0.6) is 0 Å². The van der Waals surface area contributed by atoms with Crippen LogP contribution in [0.1, 0.15) is 136 Å². The van der Waals surface area contributed by atoms with Crippen molar-refractivity contribution < 1.29 is 66.7 Å². The van der Waals surface area contributed by atoms with Gasteiger partial charge >= 0.3 is 27.6 Å². The number of phosphoric ester groups is 2. The molecule has 0 fully saturated rings. The normalized spacial score (nSPS) is 15.9. The molecule has 0 rings (SSSR count). The average Bonchev–Trinajstić information content (AvgIpc) is 3.19. The van der Waals surface area contributed by atoms with E-state index in [1.165, 1.54) is 38.5 Å². The van der Waals surface area contributed by atoms with Crippen molar-refractivity contribution in [3.05, 3.63) is 72.9 Å². The van der Waals surface area contributed by atoms with Crippen LogP contribution >= 0.6 is 15.6 Å². The predicted octanol–water partition coefficient (Wildman–Crippen LogP) is 9.44. The number of hydrogen-bond donors (Lipinski definition) is 5. The van der Waals surface area contributed by atoms with E-state index in [9.17, 15) is 33.8 Å². The number of carbonyl (C=O) groups excluding carboxylic acids is 2. The largest absolute Gasteiger partial charge is 0.472 e. The van der Waals surface area contributed by atoms with Gasteiger partial charge in [0.05, 0.1) is 25.9 Å². The van der Waals surface area contributed by atoms with E-state index < -0.39 is 72.3 Å². The van der Waals surface area contributed by atoms with Crippen LogP contribution in [0.4, 0.5) is 0 Å². The van der Waals surface area contributed by atoms with E-state index in [0.29, 0.717) is 32.1 Å². The van der Waals surface area contributed by atoms with E-state index in [0.717, 1.165) is 38.0 Å². The fourth-order valence-electron chi connectivity index (χ4n) is 5.14. The number of aliphatic hydroxyl groups is 2. The van der Waals surface area contributed by atoms with Gasteiger partial charge in [0.15, 0.2) is 6.10 Å². The van der Waals surface area contributed by atoms with E-state index in [-0.39, 0.29) is 12.8 Å². The second-order valence-corrected chi connectivity index (χ2v) is 17.0. The van der Waals surface area contributed by atoms with Crippen LogP contribution in [-0.2, 0) is 41.8 Å². The Kier molecular flexibility index (Phi) is 35.7. The zero-order chi connectivity index (χ0) is 44.0. The summed E-state index contributed by atoms with van der Waals surface area (Å²) in [6.45, 7) is 3.75. The molecule has 0 spiro atoms. The van der Waals surface area contributed by atoms with E-state index in [2.05, 4.69) is 42.0 Å². The SMILES string of the molecule is CC/C=C\C/C=C\CC(O)/C=C/C=C\C/C=C\C/C=C\CCC(=O)O[C@H](COC(=O)CCCCCCCCCCC(C)CC)COP(=O)(O)OC[C@@H](O)COP(=O)(O)O. The summed E-state index contributed by atoms with van der Waals surface area (Å²) in [6, 6.07) is 0. The van der Waals surface area contributed by atoms with Crippen LogP contribution in [0, 0.1) is 5.92 Å². The van der Waals surface area contributed by atoms with E-state index >= 15 is 0 Å². The molecule has 0 heterocycles. The number of allylic oxidation sites excluding steroid dienone is 10. The van der Waals surface area contributed by atoms with Crippen molar-refractivity contribution >= 4 is 27.6 Å². The maximum absolute atomic E-state index is 12.6. The lowest BCUT2D eigenvalue weighted by Gasteiger charge is -2.20. The zero-order valence-electron chi connectivity index (χ0n) is 35.6. The first-order valence-corrected chi connectivity index (χ1v) is 24.2. The van der Waals surface area contributed by atoms with Gasteiger partial charge in [-0.3, -0.25) is 23.2 Å². The number of phosphoric acid groups is 2. The zero-order valence-corrected chi connectivity index (χ0v) is 37.4. The number of unbranched alkanes of at least 4 members (excludes halogenated alkanes) is 7. The Hall–Kier alpha value is -2.48. The summed E-state index contributed by atoms with van der Waals surface area (Å²) >= 11 is 0. The van der Waals surface area contributed by atoms with E-state index in [4.69, 9.17) is 23.8 Å². The van der Waals surface area contributed by atoms with Gasteiger partial charge in [0.25, 0.3) is 0 Å². The number of ether oxygens (including phenoxy) is 2. The Bertz CT molecular complexity index is 1350. The van der Waals surface area contributed by atoms with Crippen LogP contribution in [0.25, 0.3) is 0 Å². The van der Waals surface area contributed by atoms with Gasteiger partial charge in [0.2, 0.25) is 0 Å². The first-order chi connectivity index (χ1) is 28.2. The van der Waals surface area contributed by atoms with Gasteiger partial charge in [-0.2, -0.15) is 0 Å². The van der Waals surface area contributed by atoms with Crippen LogP contribution in [0.15, 0.2) is 72.9 Å². The number of carbonyl (C=O) groups is 2. The second-order valence-electron chi connectivity index (χ2n) is 14.3. The summed E-state index contributed by atoms with van der Waals surface area (Å²) in [5.74, 6) is -0.382. The molecule has 340 valence electrons. The van der Waals surface area contributed by atoms with Gasteiger partial charge in [-0.15, -0.1) is 0 Å². The lowest BCUT2D eigenvalue weighted by atomic mass is 9.99. The molecule has 0 aromatic carbocycles. The van der Waals surface area contributed by atoms with Gasteiger partial charge in [0, 0.05) is 12.8 Å². The molecule has 5 N–H and O–H groups in total. The monoisotopic (exact) mass is 876 g/mol. The number of esters is 2. The minimum atomic E-state index is -4.88. The summed E-state index contributed by atoms with van der Waals surface area (Å²) in [6.07, 6.45) is 35.2. The lowest BCUT2D eigenvalue weighted by Crippen LogP contribution is -2.29. The molecule has 5 atom stereocenters. The van der Waals surface area contributed by atoms with Gasteiger partial charge in [-0.25, -0.2) is 9.13 Å². The minimum Gasteiger partial charge on any atom is -0.462 e. The number of rotatable bonds is 38. The Labute approximate surface area is 353 Å². The fraction of sp³-hybridized carbons (Fsp3) is 0.674. The van der Waals surface area contributed by atoms with Crippen LogP contribution in [0.2, 0.25) is 0 Å². The highest BCUT2D eigenvalue weighted by Gasteiger charge is 2.28. The molecule has 16 heteroatoms. The first-order valence-electron chi connectivity index (χ1n) is 21.1. The molecule has 0 bridgehead atoms. The van der Waals surface area contributed by atoms with Crippen LogP contribution < -0.4 is 0 Å². The summed E-state index contributed by atoms with van der Waals surface area (Å²) in [5, 5.41) is 19.7. The Morgan fingerprint density at radius 3 is 1.86 bits per heavy atom. The van der Waals surface area contributed by atoms with Crippen molar-refractivity contribution in [2.24, 2.45) is 5.92 Å². The molecule has 0 aliphatic carbocycles. The summed E-state index contributed by atoms with van der Waals surface area (Å²) in [7, 11) is -9.72. The average molecular weight is 877 g/mol. The standard InChI is InChI=1S/C43H74O14P2/c1-4-6-7-8-20-25-30-39(44)31-26-21-16-11-9-10-12-18-23-28-33-43(47)57-41(37-56-59(51,52)55-35-40(45)34-54-58(48,49)50)36-53-42(46)32-27-22-17-14-13-15-19-24-29-38(3)5-2/h6-7,9-10,16,18,20-21,23,25-26,31,38-41,44-45H,4-5,8,11-15,17,19,22,24,27-30,32-37H2,1-3H3,(H,51,52)(H2,48,49,50)/b7-6-,10-9-,21-16-,23-18-,25-20-,31-26+/t38?,39?,40-,41+/m0/s1. The molecule has 0 amide bonds. The quantitative estimate of drug-likeness (QED) is 0.0128. The summed E-state index contributed by atoms with van der Waals surface area (Å²) < 4.78 is 47.6. The third kappa shape index (κ3) is 40.7. The smallest absolute Gasteiger partial charge is 0.462 e. The van der Waals surface area contributed by atoms with Crippen molar-refractivity contribution in [1.82, 2.24) is 0 Å². The van der Waals surface area contributed by atoms with Gasteiger partial charge in [-0.05, 0) is 50.9 Å². The minimum absolute atomic E-state index is 0.0197. The van der Waals surface area contributed by atoms with Gasteiger partial charge in [-0.1, -0.05) is 151 Å². The van der Waals surface area contributed by atoms with E-state index in [1.807, 2.05) is 54.7 Å². The van der Waals surface area contributed by atoms with Crippen molar-refractivity contribution in [1.29, 1.82) is 0 Å². The molecule has 0 saturated carbocycles. The molecule has 59 heavy (non-hydrogen) atoms. The van der Waals surface area contributed by atoms with Crippen molar-refractivity contribution in [2.75, 3.05) is 26.4 Å². The Morgan fingerprint density at radius 2 is 1.20 bits per heavy atom. The number of aliphatic hydroxyl groups excluding tert-OH is 2. The number of hydrogen-bond acceptors (Lipinski definition) is 11. The molecular formula is C43H74O14P2. The third-order valence-electron chi connectivity index (χ3n) is 8.73. The molecule has 0 saturated heterocycles. The van der Waals surface area contributed by atoms with Crippen molar-refractivity contribution in [3.63, 3.8) is 0 Å². The lowest BCUT2D eigenvalue weighted by molar-refractivity contribution is -0.161. The molecule has 0 aliphatic rings. The maximum atomic E-state index is 12.6. The highest BCUT2D eigenvalue weighted by atomic mass is 31.2. The molecular weight excluding hydrogens is 802 g/mol. The first kappa shape index (κ1) is 56.5. The Balaban J connectivity index is 4.74. The molecule has 3 unspecified atom stereocenters. The van der Waals surface area contributed by atoms with Crippen molar-refractivity contribution in [2.45, 2.75) is 155 Å². The fourth-order valence-corrected chi connectivity index (χ4v) is 6.29. The topological polar surface area (TPSA) is 216 Å². The summed E-state index contributed by atoms with van der Waals surface area (Å²) in [5.41, 5.74) is 0. The van der Waals surface area contributed by atoms with E-state index in [1.54, 1.807) is 6.08 Å². The summed E-state index contributed by atoms with van der Waals surface area (Å²) in [4.78, 5) is 52.6. The molecule has 0 aromatic heterocycles. The molecule has 0 aromatic rings. The van der Waals surface area contributed by atoms with Crippen LogP contribution in [0.3, 0.4) is 0 Å². The molecule has 14 nitrogen and oxygen atoms in total. The second kappa shape index (κ2) is 37.3. The van der Waals surface area contributed by atoms with Gasteiger partial charge in [0.1, 0.15) is 12.7 Å². The highest BCUT2D eigenvalue weighted by Crippen LogP contribution is 2.43. The predicted molar refractivity (Wildman–Crippen MR) is 231 cm³/mol. The highest BCUT2D eigenvalue weighted by molar-refractivity contribution is 7.47. The van der Waals surface area contributed by atoms with Crippen LogP contribution in [-0.4, -0.2) is 81.6 Å². The maximum Gasteiger partial charge on any atom is 0.472 e. The van der Waals surface area contributed by atoms with Crippen molar-refractivity contribution in [3.8, 4) is 0 Å². The molecule has 0 aliphatic heterocycles. The third-order valence-corrected chi connectivity index (χ3v) is 10.2. The molecule has 0 radical (unpaired) electrons. The van der Waals surface area contributed by atoms with Gasteiger partial charge < -0.3 is 34.4 Å². The Morgan fingerprint density at radius 1 is 0.627 bits per heavy atom.